The molecule has 0 radical (unpaired) electrons. The minimum absolute atomic E-state index is 0.512. The van der Waals surface area contributed by atoms with Crippen LogP contribution in [-0.4, -0.2) is 0 Å². The average Bonchev–Trinajstić information content (AvgIpc) is 2.65. The van der Waals surface area contributed by atoms with Gasteiger partial charge in [0.1, 0.15) is 11.2 Å². The van der Waals surface area contributed by atoms with Crippen LogP contribution in [0, 0.1) is 6.92 Å². The van der Waals surface area contributed by atoms with Gasteiger partial charge in [0.15, 0.2) is 0 Å². The molecule has 3 rings (SSSR count). The van der Waals surface area contributed by atoms with Gasteiger partial charge in [-0.15, -0.1) is 0 Å². The van der Waals surface area contributed by atoms with E-state index in [9.17, 15) is 0 Å². The van der Waals surface area contributed by atoms with Crippen molar-refractivity contribution in [3.8, 4) is 0 Å². The number of para-hydroxylation sites is 1. The Kier molecular flexibility index (Phi) is 2.22. The quantitative estimate of drug-likeness (QED) is 0.565. The van der Waals surface area contributed by atoms with E-state index in [4.69, 9.17) is 4.42 Å². The Morgan fingerprint density at radius 1 is 1.00 bits per heavy atom. The number of furan rings is 1. The molecule has 0 amide bonds. The molecular weight excluding hydrogens is 208 g/mol. The Labute approximate surface area is 101 Å². The van der Waals surface area contributed by atoms with Crippen molar-refractivity contribution < 1.29 is 4.42 Å². The van der Waals surface area contributed by atoms with Crippen molar-refractivity contribution in [3.05, 3.63) is 47.5 Å². The van der Waals surface area contributed by atoms with E-state index in [1.807, 2.05) is 12.1 Å². The third kappa shape index (κ3) is 1.54. The lowest BCUT2D eigenvalue weighted by Crippen LogP contribution is -1.89. The Morgan fingerprint density at radius 3 is 2.53 bits per heavy atom. The first-order valence-corrected chi connectivity index (χ1v) is 6.08. The molecule has 2 aromatic carbocycles. The molecule has 1 nitrogen and oxygen atoms in total. The van der Waals surface area contributed by atoms with Crippen molar-refractivity contribution in [2.75, 3.05) is 0 Å². The van der Waals surface area contributed by atoms with E-state index in [1.165, 1.54) is 21.9 Å². The van der Waals surface area contributed by atoms with Gasteiger partial charge in [0, 0.05) is 10.8 Å². The molecule has 0 aliphatic carbocycles. The number of hydrogen-bond acceptors (Lipinski definition) is 1. The highest BCUT2D eigenvalue weighted by atomic mass is 16.3. The van der Waals surface area contributed by atoms with Crippen LogP contribution >= 0.6 is 0 Å². The first-order chi connectivity index (χ1) is 8.16. The Morgan fingerprint density at radius 2 is 1.76 bits per heavy atom. The zero-order chi connectivity index (χ0) is 12.0. The van der Waals surface area contributed by atoms with Crippen molar-refractivity contribution in [2.24, 2.45) is 0 Å². The molecule has 0 aliphatic rings. The highest BCUT2D eigenvalue weighted by molar-refractivity contribution is 6.07. The molecule has 0 N–H and O–H groups in total. The molecule has 1 heterocycles. The van der Waals surface area contributed by atoms with Gasteiger partial charge in [-0.25, -0.2) is 0 Å². The summed E-state index contributed by atoms with van der Waals surface area (Å²) in [5.74, 6) is 0.512. The van der Waals surface area contributed by atoms with Crippen LogP contribution in [0.2, 0.25) is 0 Å². The summed E-state index contributed by atoms with van der Waals surface area (Å²) < 4.78 is 5.92. The van der Waals surface area contributed by atoms with Crippen molar-refractivity contribution in [3.63, 3.8) is 0 Å². The summed E-state index contributed by atoms with van der Waals surface area (Å²) >= 11 is 0. The molecule has 86 valence electrons. The van der Waals surface area contributed by atoms with E-state index in [0.717, 1.165) is 11.2 Å². The van der Waals surface area contributed by atoms with Crippen LogP contribution in [0.1, 0.15) is 30.9 Å². The first kappa shape index (κ1) is 10.4. The summed E-state index contributed by atoms with van der Waals surface area (Å²) in [5.41, 5.74) is 4.63. The summed E-state index contributed by atoms with van der Waals surface area (Å²) in [6.07, 6.45) is 0. The van der Waals surface area contributed by atoms with Crippen molar-refractivity contribution in [1.29, 1.82) is 0 Å². The molecule has 1 aromatic heterocycles. The molecule has 0 saturated carbocycles. The lowest BCUT2D eigenvalue weighted by molar-refractivity contribution is 0.668. The van der Waals surface area contributed by atoms with Gasteiger partial charge < -0.3 is 4.42 Å². The van der Waals surface area contributed by atoms with E-state index in [0.29, 0.717) is 5.92 Å². The number of hydrogen-bond donors (Lipinski definition) is 0. The fourth-order valence-electron chi connectivity index (χ4n) is 2.49. The molecule has 0 aliphatic heterocycles. The largest absolute Gasteiger partial charge is 0.456 e. The summed E-state index contributed by atoms with van der Waals surface area (Å²) in [5, 5.41) is 2.51. The monoisotopic (exact) mass is 224 g/mol. The maximum Gasteiger partial charge on any atom is 0.135 e. The van der Waals surface area contributed by atoms with Gasteiger partial charge in [-0.05, 0) is 36.1 Å². The molecule has 0 atom stereocenters. The van der Waals surface area contributed by atoms with Gasteiger partial charge in [0.25, 0.3) is 0 Å². The second-order valence-electron chi connectivity index (χ2n) is 4.98. The van der Waals surface area contributed by atoms with E-state index < -0.39 is 0 Å². The van der Waals surface area contributed by atoms with E-state index in [-0.39, 0.29) is 0 Å². The zero-order valence-corrected chi connectivity index (χ0v) is 10.4. The maximum atomic E-state index is 5.92. The minimum atomic E-state index is 0.512. The third-order valence-corrected chi connectivity index (χ3v) is 3.28. The van der Waals surface area contributed by atoms with Gasteiger partial charge in [0.2, 0.25) is 0 Å². The van der Waals surface area contributed by atoms with Crippen LogP contribution in [-0.2, 0) is 0 Å². The predicted octanol–water partition coefficient (Wildman–Crippen LogP) is 5.02. The van der Waals surface area contributed by atoms with Crippen LogP contribution in [0.5, 0.6) is 0 Å². The van der Waals surface area contributed by atoms with E-state index >= 15 is 0 Å². The fourth-order valence-corrected chi connectivity index (χ4v) is 2.49. The number of rotatable bonds is 1. The molecule has 0 bridgehead atoms. The van der Waals surface area contributed by atoms with Crippen LogP contribution in [0.4, 0.5) is 0 Å². The second kappa shape index (κ2) is 3.63. The number of aryl methyl sites for hydroxylation is 1. The number of benzene rings is 2. The highest BCUT2D eigenvalue weighted by Crippen LogP contribution is 2.35. The maximum absolute atomic E-state index is 5.92. The van der Waals surface area contributed by atoms with Crippen LogP contribution < -0.4 is 0 Å². The molecule has 0 fully saturated rings. The lowest BCUT2D eigenvalue weighted by Gasteiger charge is -2.08. The summed E-state index contributed by atoms with van der Waals surface area (Å²) in [6.45, 7) is 6.59. The Hall–Kier alpha value is -1.76. The van der Waals surface area contributed by atoms with Gasteiger partial charge in [0.05, 0.1) is 0 Å². The average molecular weight is 224 g/mol. The van der Waals surface area contributed by atoms with Crippen molar-refractivity contribution >= 4 is 21.9 Å². The molecular formula is C16H16O. The van der Waals surface area contributed by atoms with Crippen molar-refractivity contribution in [2.45, 2.75) is 26.7 Å². The summed E-state index contributed by atoms with van der Waals surface area (Å²) in [7, 11) is 0. The SMILES string of the molecule is Cc1cc(C(C)C)c2c(c1)oc1ccccc12. The minimum Gasteiger partial charge on any atom is -0.456 e. The standard InChI is InChI=1S/C16H16O/c1-10(2)13-8-11(3)9-15-16(13)12-6-4-5-7-14(12)17-15/h4-10H,1-3H3. The first-order valence-electron chi connectivity index (χ1n) is 6.08. The Balaban J connectivity index is 2.53. The molecule has 17 heavy (non-hydrogen) atoms. The normalized spacial score (nSPS) is 11.8. The zero-order valence-electron chi connectivity index (χ0n) is 10.4. The topological polar surface area (TPSA) is 13.1 Å². The van der Waals surface area contributed by atoms with Crippen LogP contribution in [0.3, 0.4) is 0 Å². The van der Waals surface area contributed by atoms with Crippen LogP contribution in [0.15, 0.2) is 40.8 Å². The molecule has 0 unspecified atom stereocenters. The smallest absolute Gasteiger partial charge is 0.135 e. The molecule has 0 saturated heterocycles. The summed E-state index contributed by atoms with van der Waals surface area (Å²) in [4.78, 5) is 0. The fraction of sp³-hybridized carbons (Fsp3) is 0.250. The number of fused-ring (bicyclic) bond motifs is 3. The third-order valence-electron chi connectivity index (χ3n) is 3.28. The lowest BCUT2D eigenvalue weighted by atomic mass is 9.95. The van der Waals surface area contributed by atoms with Crippen LogP contribution in [0.25, 0.3) is 21.9 Å². The van der Waals surface area contributed by atoms with Gasteiger partial charge in [-0.3, -0.25) is 0 Å². The van der Waals surface area contributed by atoms with Crippen molar-refractivity contribution in [1.82, 2.24) is 0 Å². The predicted molar refractivity (Wildman–Crippen MR) is 72.5 cm³/mol. The molecule has 3 aromatic rings. The molecule has 0 spiro atoms. The second-order valence-corrected chi connectivity index (χ2v) is 4.98. The highest BCUT2D eigenvalue weighted by Gasteiger charge is 2.13. The van der Waals surface area contributed by atoms with E-state index in [2.05, 4.69) is 45.0 Å². The molecule has 1 heteroatoms. The van der Waals surface area contributed by atoms with E-state index in [1.54, 1.807) is 0 Å². The van der Waals surface area contributed by atoms with Gasteiger partial charge in [-0.2, -0.15) is 0 Å². The van der Waals surface area contributed by atoms with Gasteiger partial charge in [-0.1, -0.05) is 38.1 Å². The Bertz CT molecular complexity index is 689. The van der Waals surface area contributed by atoms with Gasteiger partial charge >= 0.3 is 0 Å². The summed E-state index contributed by atoms with van der Waals surface area (Å²) in [6, 6.07) is 12.7.